The molecule has 0 rings (SSSR count). The van der Waals surface area contributed by atoms with E-state index >= 15 is 0 Å². The molecule has 0 aromatic rings. The van der Waals surface area contributed by atoms with Crippen LogP contribution in [0.1, 0.15) is 181 Å². The number of carboxylic acids is 1. The SMILES string of the molecule is CCCCC/C=C\C/C=C\CCCC(CCCCCCCC(=O)NC(CCCN)C(=O)O)OC(=O)CCCCCCCCCC. The van der Waals surface area contributed by atoms with Gasteiger partial charge in [0.15, 0.2) is 0 Å². The van der Waals surface area contributed by atoms with Gasteiger partial charge in [-0.2, -0.15) is 0 Å². The Morgan fingerprint density at radius 3 is 1.80 bits per heavy atom. The number of carbonyl (C=O) groups is 3. The molecule has 0 bridgehead atoms. The lowest BCUT2D eigenvalue weighted by Crippen LogP contribution is -2.40. The number of nitrogens with one attached hydrogen (secondary N) is 1. The van der Waals surface area contributed by atoms with Gasteiger partial charge in [0.2, 0.25) is 5.91 Å². The van der Waals surface area contributed by atoms with E-state index in [2.05, 4.69) is 43.5 Å². The lowest BCUT2D eigenvalue weighted by molar-refractivity contribution is -0.150. The lowest BCUT2D eigenvalue weighted by atomic mass is 10.0. The maximum absolute atomic E-state index is 12.6. The van der Waals surface area contributed by atoms with E-state index in [9.17, 15) is 19.5 Å². The van der Waals surface area contributed by atoms with Gasteiger partial charge in [-0.05, 0) is 83.6 Å². The van der Waals surface area contributed by atoms with E-state index in [1.807, 2.05) is 0 Å². The van der Waals surface area contributed by atoms with E-state index in [-0.39, 0.29) is 18.0 Å². The maximum atomic E-state index is 12.6. The molecular formula is C38H70N2O5. The second-order valence-electron chi connectivity index (χ2n) is 12.6. The van der Waals surface area contributed by atoms with Crippen molar-refractivity contribution in [2.24, 2.45) is 5.73 Å². The molecule has 262 valence electrons. The highest BCUT2D eigenvalue weighted by molar-refractivity contribution is 5.83. The third kappa shape index (κ3) is 30.3. The molecule has 7 heteroatoms. The number of carbonyl (C=O) groups excluding carboxylic acids is 2. The van der Waals surface area contributed by atoms with E-state index in [0.29, 0.717) is 32.2 Å². The van der Waals surface area contributed by atoms with Crippen LogP contribution >= 0.6 is 0 Å². The van der Waals surface area contributed by atoms with Crippen molar-refractivity contribution in [3.8, 4) is 0 Å². The number of nitrogens with two attached hydrogens (primary N) is 1. The zero-order valence-corrected chi connectivity index (χ0v) is 29.2. The van der Waals surface area contributed by atoms with E-state index in [1.54, 1.807) is 0 Å². The number of hydrogen-bond acceptors (Lipinski definition) is 5. The fourth-order valence-corrected chi connectivity index (χ4v) is 5.43. The first-order chi connectivity index (χ1) is 21.9. The molecule has 0 fully saturated rings. The quantitative estimate of drug-likeness (QED) is 0.0376. The molecular weight excluding hydrogens is 564 g/mol. The first-order valence-corrected chi connectivity index (χ1v) is 18.7. The van der Waals surface area contributed by atoms with Gasteiger partial charge in [-0.25, -0.2) is 4.79 Å². The minimum absolute atomic E-state index is 0.0225. The molecule has 4 N–H and O–H groups in total. The van der Waals surface area contributed by atoms with Gasteiger partial charge < -0.3 is 20.9 Å². The van der Waals surface area contributed by atoms with Crippen LogP contribution in [0.2, 0.25) is 0 Å². The zero-order chi connectivity index (χ0) is 33.2. The van der Waals surface area contributed by atoms with Gasteiger partial charge in [-0.15, -0.1) is 0 Å². The Labute approximate surface area is 276 Å². The molecule has 7 nitrogen and oxygen atoms in total. The van der Waals surface area contributed by atoms with Gasteiger partial charge in [-0.1, -0.05) is 115 Å². The highest BCUT2D eigenvalue weighted by atomic mass is 16.5. The molecule has 0 aromatic carbocycles. The summed E-state index contributed by atoms with van der Waals surface area (Å²) in [5.74, 6) is -1.27. The van der Waals surface area contributed by atoms with Crippen LogP contribution in [0.25, 0.3) is 0 Å². The molecule has 0 aliphatic rings. The van der Waals surface area contributed by atoms with Crippen molar-refractivity contribution in [3.05, 3.63) is 24.3 Å². The van der Waals surface area contributed by atoms with Crippen molar-refractivity contribution in [3.63, 3.8) is 0 Å². The molecule has 0 heterocycles. The molecule has 2 atom stereocenters. The van der Waals surface area contributed by atoms with E-state index < -0.39 is 12.0 Å². The molecule has 2 unspecified atom stereocenters. The molecule has 1 amide bonds. The van der Waals surface area contributed by atoms with Crippen LogP contribution in [0.3, 0.4) is 0 Å². The second kappa shape index (κ2) is 33.2. The molecule has 0 aliphatic heterocycles. The van der Waals surface area contributed by atoms with Crippen LogP contribution in [-0.4, -0.2) is 41.6 Å². The van der Waals surface area contributed by atoms with Gasteiger partial charge in [0.05, 0.1) is 0 Å². The predicted molar refractivity (Wildman–Crippen MR) is 188 cm³/mol. The first-order valence-electron chi connectivity index (χ1n) is 18.7. The topological polar surface area (TPSA) is 119 Å². The van der Waals surface area contributed by atoms with Gasteiger partial charge in [-0.3, -0.25) is 9.59 Å². The summed E-state index contributed by atoms with van der Waals surface area (Å²) in [5, 5.41) is 11.9. The summed E-state index contributed by atoms with van der Waals surface area (Å²) in [4.78, 5) is 36.1. The highest BCUT2D eigenvalue weighted by Crippen LogP contribution is 2.17. The van der Waals surface area contributed by atoms with Gasteiger partial charge in [0.25, 0.3) is 0 Å². The Morgan fingerprint density at radius 2 is 1.18 bits per heavy atom. The number of rotatable bonds is 33. The molecule has 45 heavy (non-hydrogen) atoms. The normalized spacial score (nSPS) is 13.0. The fraction of sp³-hybridized carbons (Fsp3) is 0.816. The molecule has 0 aliphatic carbocycles. The van der Waals surface area contributed by atoms with Crippen molar-refractivity contribution >= 4 is 17.8 Å². The van der Waals surface area contributed by atoms with E-state index in [1.165, 1.54) is 64.2 Å². The van der Waals surface area contributed by atoms with Crippen molar-refractivity contribution in [1.82, 2.24) is 5.32 Å². The average molecular weight is 635 g/mol. The fourth-order valence-electron chi connectivity index (χ4n) is 5.43. The van der Waals surface area contributed by atoms with E-state index in [4.69, 9.17) is 10.5 Å². The van der Waals surface area contributed by atoms with Crippen LogP contribution in [0.15, 0.2) is 24.3 Å². The van der Waals surface area contributed by atoms with Crippen LogP contribution < -0.4 is 11.1 Å². The van der Waals surface area contributed by atoms with Crippen LogP contribution in [-0.2, 0) is 19.1 Å². The third-order valence-electron chi connectivity index (χ3n) is 8.27. The predicted octanol–water partition coefficient (Wildman–Crippen LogP) is 9.72. The van der Waals surface area contributed by atoms with Gasteiger partial charge in [0.1, 0.15) is 12.1 Å². The van der Waals surface area contributed by atoms with Crippen molar-refractivity contribution < 1.29 is 24.2 Å². The monoisotopic (exact) mass is 635 g/mol. The summed E-state index contributed by atoms with van der Waals surface area (Å²) in [6.07, 6.45) is 35.0. The Kier molecular flexibility index (Phi) is 31.6. The summed E-state index contributed by atoms with van der Waals surface area (Å²) in [6.45, 7) is 4.88. The van der Waals surface area contributed by atoms with Crippen LogP contribution in [0.5, 0.6) is 0 Å². The summed E-state index contributed by atoms with van der Waals surface area (Å²) >= 11 is 0. The number of aliphatic carboxylic acids is 1. The Morgan fingerprint density at radius 1 is 0.644 bits per heavy atom. The summed E-state index contributed by atoms with van der Waals surface area (Å²) in [7, 11) is 0. The van der Waals surface area contributed by atoms with Crippen molar-refractivity contribution in [2.75, 3.05) is 6.54 Å². The number of ether oxygens (including phenoxy) is 1. The molecule has 0 aromatic heterocycles. The van der Waals surface area contributed by atoms with Gasteiger partial charge >= 0.3 is 11.9 Å². The van der Waals surface area contributed by atoms with Gasteiger partial charge in [0, 0.05) is 12.8 Å². The Bertz CT molecular complexity index is 767. The Balaban J connectivity index is 4.38. The highest BCUT2D eigenvalue weighted by Gasteiger charge is 2.19. The summed E-state index contributed by atoms with van der Waals surface area (Å²) in [6, 6.07) is -0.858. The number of allylic oxidation sites excluding steroid dienone is 4. The number of amides is 1. The number of unbranched alkanes of at least 4 members (excludes halogenated alkanes) is 15. The molecule has 0 saturated carbocycles. The maximum Gasteiger partial charge on any atom is 0.326 e. The molecule has 0 radical (unpaired) electrons. The average Bonchev–Trinajstić information content (AvgIpc) is 3.02. The van der Waals surface area contributed by atoms with Crippen molar-refractivity contribution in [1.29, 1.82) is 0 Å². The van der Waals surface area contributed by atoms with Crippen LogP contribution in [0, 0.1) is 0 Å². The number of hydrogen-bond donors (Lipinski definition) is 3. The molecule has 0 saturated heterocycles. The zero-order valence-electron chi connectivity index (χ0n) is 29.2. The Hall–Kier alpha value is -2.15. The standard InChI is InChI=1S/C38H70N2O5/c1-3-5-7-9-11-13-14-15-16-19-23-28-34(45-37(42)32-26-22-17-12-10-8-6-4-2)29-24-20-18-21-25-31-36(41)40-35(38(43)44)30-27-33-39/h11,13,15-16,34-35H,3-10,12,14,17-33,39H2,1-2H3,(H,40,41)(H,43,44)/b13-11-,16-15-. The first kappa shape index (κ1) is 42.9. The van der Waals surface area contributed by atoms with Crippen molar-refractivity contribution in [2.45, 2.75) is 193 Å². The summed E-state index contributed by atoms with van der Waals surface area (Å²) < 4.78 is 5.96. The van der Waals surface area contributed by atoms with Crippen LogP contribution in [0.4, 0.5) is 0 Å². The lowest BCUT2D eigenvalue weighted by Gasteiger charge is -2.18. The smallest absolute Gasteiger partial charge is 0.326 e. The van der Waals surface area contributed by atoms with E-state index in [0.717, 1.165) is 77.0 Å². The number of esters is 1. The number of carboxylic acid groups (broad SMARTS) is 1. The second-order valence-corrected chi connectivity index (χ2v) is 12.6. The summed E-state index contributed by atoms with van der Waals surface area (Å²) in [5.41, 5.74) is 5.46. The largest absolute Gasteiger partial charge is 0.480 e. The molecule has 0 spiro atoms. The minimum Gasteiger partial charge on any atom is -0.480 e. The minimum atomic E-state index is -1.01. The third-order valence-corrected chi connectivity index (χ3v) is 8.27.